The van der Waals surface area contributed by atoms with Gasteiger partial charge in [0.05, 0.1) is 27.4 Å². The molecule has 0 aliphatic carbocycles. The van der Waals surface area contributed by atoms with Gasteiger partial charge in [0, 0.05) is 63.0 Å². The standard InChI is InChI=1S/C28H38ClN3O5/c1-30(2)26(33)20-32-15-13-31(14-16-32)12-6-5-7-17-37-23-18-24(35-3)27(25(19-23)36-4)28(34)21-8-10-22(29)11-9-21/h8-11,18-19H,5-7,12-17,20H2,1-4H3. The van der Waals surface area contributed by atoms with E-state index < -0.39 is 0 Å². The van der Waals surface area contributed by atoms with Crippen molar-refractivity contribution >= 4 is 23.3 Å². The molecule has 8 nitrogen and oxygen atoms in total. The Balaban J connectivity index is 1.43. The van der Waals surface area contributed by atoms with Gasteiger partial charge < -0.3 is 24.0 Å². The van der Waals surface area contributed by atoms with Gasteiger partial charge in [0.1, 0.15) is 22.8 Å². The Kier molecular flexibility index (Phi) is 11.0. The number of amides is 1. The summed E-state index contributed by atoms with van der Waals surface area (Å²) in [5, 5.41) is 0.565. The molecule has 1 aliphatic rings. The number of nitrogens with zero attached hydrogens (tertiary/aromatic N) is 3. The highest BCUT2D eigenvalue weighted by atomic mass is 35.5. The predicted octanol–water partition coefficient (Wildman–Crippen LogP) is 3.84. The third kappa shape index (κ3) is 8.35. The van der Waals surface area contributed by atoms with Crippen LogP contribution in [0, 0.1) is 0 Å². The Morgan fingerprint density at radius 1 is 0.892 bits per heavy atom. The van der Waals surface area contributed by atoms with Crippen LogP contribution < -0.4 is 14.2 Å². The molecule has 0 bridgehead atoms. The van der Waals surface area contributed by atoms with Gasteiger partial charge in [0.25, 0.3) is 0 Å². The van der Waals surface area contributed by atoms with E-state index in [1.165, 1.54) is 14.2 Å². The lowest BCUT2D eigenvalue weighted by Gasteiger charge is -2.34. The number of rotatable bonds is 13. The van der Waals surface area contributed by atoms with Crippen molar-refractivity contribution in [1.29, 1.82) is 0 Å². The number of halogens is 1. The van der Waals surface area contributed by atoms with Gasteiger partial charge in [-0.25, -0.2) is 0 Å². The number of unbranched alkanes of at least 4 members (excludes halogenated alkanes) is 2. The van der Waals surface area contributed by atoms with Crippen molar-refractivity contribution in [3.05, 3.63) is 52.5 Å². The van der Waals surface area contributed by atoms with Gasteiger partial charge in [-0.05, 0) is 50.1 Å². The van der Waals surface area contributed by atoms with E-state index in [0.717, 1.165) is 52.0 Å². The van der Waals surface area contributed by atoms with Crippen LogP contribution in [0.15, 0.2) is 36.4 Å². The molecule has 1 heterocycles. The molecule has 0 unspecified atom stereocenters. The Labute approximate surface area is 225 Å². The average molecular weight is 532 g/mol. The van der Waals surface area contributed by atoms with Crippen LogP contribution in [-0.2, 0) is 4.79 Å². The van der Waals surface area contributed by atoms with Crippen molar-refractivity contribution in [2.75, 3.05) is 74.2 Å². The van der Waals surface area contributed by atoms with Crippen LogP contribution in [0.4, 0.5) is 0 Å². The van der Waals surface area contributed by atoms with Crippen molar-refractivity contribution in [2.45, 2.75) is 19.3 Å². The molecule has 0 spiro atoms. The highest BCUT2D eigenvalue weighted by Crippen LogP contribution is 2.36. The maximum Gasteiger partial charge on any atom is 0.236 e. The number of likely N-dealkylation sites (N-methyl/N-ethyl adjacent to an activating group) is 1. The SMILES string of the molecule is COc1cc(OCCCCCN2CCN(CC(=O)N(C)C)CC2)cc(OC)c1C(=O)c1ccc(Cl)cc1. The highest BCUT2D eigenvalue weighted by Gasteiger charge is 2.22. The number of hydrogen-bond donors (Lipinski definition) is 0. The Morgan fingerprint density at radius 3 is 2.05 bits per heavy atom. The summed E-state index contributed by atoms with van der Waals surface area (Å²) in [7, 11) is 6.65. The first-order valence-electron chi connectivity index (χ1n) is 12.7. The molecule has 1 amide bonds. The minimum Gasteiger partial charge on any atom is -0.496 e. The van der Waals surface area contributed by atoms with Gasteiger partial charge in [-0.3, -0.25) is 14.5 Å². The summed E-state index contributed by atoms with van der Waals surface area (Å²) in [4.78, 5) is 31.3. The van der Waals surface area contributed by atoms with E-state index in [0.29, 0.717) is 46.5 Å². The second kappa shape index (κ2) is 14.2. The zero-order valence-corrected chi connectivity index (χ0v) is 23.1. The molecule has 0 saturated carbocycles. The van der Waals surface area contributed by atoms with Crippen LogP contribution >= 0.6 is 11.6 Å². The summed E-state index contributed by atoms with van der Waals surface area (Å²) < 4.78 is 17.0. The molecule has 0 aromatic heterocycles. The average Bonchev–Trinajstić information content (AvgIpc) is 2.90. The van der Waals surface area contributed by atoms with Crippen molar-refractivity contribution in [3.63, 3.8) is 0 Å². The van der Waals surface area contributed by atoms with E-state index in [4.69, 9.17) is 25.8 Å². The van der Waals surface area contributed by atoms with Gasteiger partial charge in [0.15, 0.2) is 0 Å². The molecule has 1 aliphatic heterocycles. The fourth-order valence-corrected chi connectivity index (χ4v) is 4.37. The fourth-order valence-electron chi connectivity index (χ4n) is 4.25. The molecule has 2 aromatic rings. The van der Waals surface area contributed by atoms with Crippen molar-refractivity contribution in [3.8, 4) is 17.2 Å². The largest absolute Gasteiger partial charge is 0.496 e. The molecule has 202 valence electrons. The van der Waals surface area contributed by atoms with Crippen LogP contribution in [0.25, 0.3) is 0 Å². The second-order valence-corrected chi connectivity index (χ2v) is 9.79. The zero-order chi connectivity index (χ0) is 26.8. The van der Waals surface area contributed by atoms with Crippen LogP contribution in [0.1, 0.15) is 35.2 Å². The monoisotopic (exact) mass is 531 g/mol. The second-order valence-electron chi connectivity index (χ2n) is 9.35. The number of carbonyl (C=O) groups is 2. The lowest BCUT2D eigenvalue weighted by molar-refractivity contribution is -0.130. The van der Waals surface area contributed by atoms with Crippen LogP contribution in [0.5, 0.6) is 17.2 Å². The van der Waals surface area contributed by atoms with Crippen molar-refractivity contribution in [1.82, 2.24) is 14.7 Å². The minimum absolute atomic E-state index is 0.159. The van der Waals surface area contributed by atoms with Crippen molar-refractivity contribution < 1.29 is 23.8 Å². The molecule has 0 radical (unpaired) electrons. The van der Waals surface area contributed by atoms with E-state index in [1.54, 1.807) is 55.4 Å². The Bertz CT molecular complexity index is 1010. The van der Waals surface area contributed by atoms with E-state index in [1.807, 2.05) is 0 Å². The number of hydrogen-bond acceptors (Lipinski definition) is 7. The molecule has 1 fully saturated rings. The van der Waals surface area contributed by atoms with Gasteiger partial charge in [-0.15, -0.1) is 0 Å². The molecule has 9 heteroatoms. The van der Waals surface area contributed by atoms with Gasteiger partial charge >= 0.3 is 0 Å². The quantitative estimate of drug-likeness (QED) is 0.287. The summed E-state index contributed by atoms with van der Waals surface area (Å²) in [6.45, 7) is 5.99. The third-order valence-corrected chi connectivity index (χ3v) is 6.77. The summed E-state index contributed by atoms with van der Waals surface area (Å²) >= 11 is 5.96. The maximum absolute atomic E-state index is 13.1. The van der Waals surface area contributed by atoms with E-state index in [2.05, 4.69) is 9.80 Å². The van der Waals surface area contributed by atoms with Crippen molar-refractivity contribution in [2.24, 2.45) is 0 Å². The predicted molar refractivity (Wildman–Crippen MR) is 145 cm³/mol. The third-order valence-electron chi connectivity index (χ3n) is 6.52. The first kappa shape index (κ1) is 28.8. The summed E-state index contributed by atoms with van der Waals surface area (Å²) in [5.41, 5.74) is 0.851. The summed E-state index contributed by atoms with van der Waals surface area (Å²) in [6.07, 6.45) is 3.08. The fraction of sp³-hybridized carbons (Fsp3) is 0.500. The number of methoxy groups -OCH3 is 2. The number of carbonyl (C=O) groups excluding carboxylic acids is 2. The highest BCUT2D eigenvalue weighted by molar-refractivity contribution is 6.30. The molecule has 2 aromatic carbocycles. The molecular formula is C28H38ClN3O5. The van der Waals surface area contributed by atoms with E-state index in [9.17, 15) is 9.59 Å². The van der Waals surface area contributed by atoms with Crippen LogP contribution in [-0.4, -0.2) is 101 Å². The molecule has 37 heavy (non-hydrogen) atoms. The summed E-state index contributed by atoms with van der Waals surface area (Å²) in [5.74, 6) is 1.36. The molecule has 3 rings (SSSR count). The molecular weight excluding hydrogens is 494 g/mol. The normalized spacial score (nSPS) is 14.3. The summed E-state index contributed by atoms with van der Waals surface area (Å²) in [6, 6.07) is 10.2. The number of ether oxygens (including phenoxy) is 3. The van der Waals surface area contributed by atoms with Gasteiger partial charge in [0.2, 0.25) is 11.7 Å². The van der Waals surface area contributed by atoms with E-state index >= 15 is 0 Å². The van der Waals surface area contributed by atoms with Crippen LogP contribution in [0.3, 0.4) is 0 Å². The minimum atomic E-state index is -0.206. The number of ketones is 1. The Morgan fingerprint density at radius 2 is 1.49 bits per heavy atom. The first-order valence-corrected chi connectivity index (χ1v) is 13.0. The molecule has 0 atom stereocenters. The Hall–Kier alpha value is -2.81. The van der Waals surface area contributed by atoms with Gasteiger partial charge in [-0.1, -0.05) is 11.6 Å². The molecule has 1 saturated heterocycles. The van der Waals surface area contributed by atoms with E-state index in [-0.39, 0.29) is 11.7 Å². The zero-order valence-electron chi connectivity index (χ0n) is 22.3. The first-order chi connectivity index (χ1) is 17.8. The van der Waals surface area contributed by atoms with Crippen LogP contribution in [0.2, 0.25) is 5.02 Å². The van der Waals surface area contributed by atoms with Gasteiger partial charge in [-0.2, -0.15) is 0 Å². The maximum atomic E-state index is 13.1. The smallest absolute Gasteiger partial charge is 0.236 e. The number of benzene rings is 2. The number of piperazine rings is 1. The lowest BCUT2D eigenvalue weighted by Crippen LogP contribution is -2.49. The molecule has 0 N–H and O–H groups in total. The lowest BCUT2D eigenvalue weighted by atomic mass is 10.0. The topological polar surface area (TPSA) is 71.6 Å².